The Hall–Kier alpha value is -3.09. The first-order chi connectivity index (χ1) is 12.1. The number of fused-ring (bicyclic) bond motifs is 1. The summed E-state index contributed by atoms with van der Waals surface area (Å²) in [6.07, 6.45) is 0. The fraction of sp³-hybridized carbons (Fsp3) is 0.278. The molecule has 2 aromatic carbocycles. The van der Waals surface area contributed by atoms with Crippen LogP contribution < -0.4 is 9.47 Å². The monoisotopic (exact) mass is 342 g/mol. The van der Waals surface area contributed by atoms with Crippen molar-refractivity contribution < 1.29 is 19.2 Å². The van der Waals surface area contributed by atoms with Crippen LogP contribution in [0, 0.1) is 10.1 Å². The van der Waals surface area contributed by atoms with Gasteiger partial charge in [-0.15, -0.1) is 0 Å². The molecular weight excluding hydrogens is 324 g/mol. The number of hydrogen-bond donors (Lipinski definition) is 0. The van der Waals surface area contributed by atoms with E-state index in [1.54, 1.807) is 17.0 Å². The lowest BCUT2D eigenvalue weighted by Crippen LogP contribution is -2.30. The van der Waals surface area contributed by atoms with Crippen LogP contribution in [0.5, 0.6) is 11.5 Å². The molecule has 2 aromatic rings. The number of para-hydroxylation sites is 1. The molecule has 1 aliphatic rings. The second-order valence-electron chi connectivity index (χ2n) is 5.57. The van der Waals surface area contributed by atoms with Gasteiger partial charge in [-0.05, 0) is 30.7 Å². The van der Waals surface area contributed by atoms with Crippen LogP contribution in [0.2, 0.25) is 0 Å². The third-order valence-corrected chi connectivity index (χ3v) is 3.98. The Bertz CT molecular complexity index is 806. The van der Waals surface area contributed by atoms with Crippen molar-refractivity contribution in [2.45, 2.75) is 13.5 Å². The Labute approximate surface area is 144 Å². The van der Waals surface area contributed by atoms with Gasteiger partial charge in [0.15, 0.2) is 11.5 Å². The zero-order chi connectivity index (χ0) is 17.8. The number of nitrogens with zero attached hydrogens (tertiary/aromatic N) is 2. The Kier molecular flexibility index (Phi) is 4.83. The number of ether oxygens (including phenoxy) is 2. The van der Waals surface area contributed by atoms with Gasteiger partial charge in [-0.2, -0.15) is 0 Å². The smallest absolute Gasteiger partial charge is 0.282 e. The van der Waals surface area contributed by atoms with Gasteiger partial charge >= 0.3 is 0 Å². The van der Waals surface area contributed by atoms with Gasteiger partial charge in [0.05, 0.1) is 4.92 Å². The summed E-state index contributed by atoms with van der Waals surface area (Å²) in [4.78, 5) is 24.9. The molecule has 0 aromatic heterocycles. The molecule has 1 amide bonds. The van der Waals surface area contributed by atoms with Crippen LogP contribution in [0.4, 0.5) is 5.69 Å². The Morgan fingerprint density at radius 1 is 1.16 bits per heavy atom. The molecule has 25 heavy (non-hydrogen) atoms. The second kappa shape index (κ2) is 7.21. The predicted octanol–water partition coefficient (Wildman–Crippen LogP) is 3.03. The molecule has 1 heterocycles. The number of benzene rings is 2. The first kappa shape index (κ1) is 16.8. The van der Waals surface area contributed by atoms with Crippen LogP contribution in [-0.2, 0) is 6.54 Å². The lowest BCUT2D eigenvalue weighted by Gasteiger charge is -2.23. The van der Waals surface area contributed by atoms with E-state index in [0.29, 0.717) is 37.8 Å². The molecule has 0 spiro atoms. The summed E-state index contributed by atoms with van der Waals surface area (Å²) < 4.78 is 11.0. The first-order valence-corrected chi connectivity index (χ1v) is 8.01. The molecule has 0 saturated heterocycles. The van der Waals surface area contributed by atoms with E-state index in [4.69, 9.17) is 9.47 Å². The highest BCUT2D eigenvalue weighted by molar-refractivity contribution is 5.98. The summed E-state index contributed by atoms with van der Waals surface area (Å²) in [5.74, 6) is 0.964. The summed E-state index contributed by atoms with van der Waals surface area (Å²) in [6.45, 7) is 3.61. The Morgan fingerprint density at radius 2 is 1.88 bits per heavy atom. The fourth-order valence-electron chi connectivity index (χ4n) is 2.72. The number of carbonyl (C=O) groups excluding carboxylic acids is 1. The van der Waals surface area contributed by atoms with Gasteiger partial charge in [0.1, 0.15) is 18.8 Å². The van der Waals surface area contributed by atoms with Crippen molar-refractivity contribution in [3.63, 3.8) is 0 Å². The standard InChI is InChI=1S/C18H18N2O5/c1-2-19(18(21)14-5-3-4-6-15(14)20(22)23)12-13-7-8-16-17(11-13)25-10-9-24-16/h3-8,11H,2,9-10,12H2,1H3. The lowest BCUT2D eigenvalue weighted by atomic mass is 10.1. The van der Waals surface area contributed by atoms with Crippen molar-refractivity contribution >= 4 is 11.6 Å². The van der Waals surface area contributed by atoms with E-state index in [0.717, 1.165) is 5.56 Å². The second-order valence-corrected chi connectivity index (χ2v) is 5.57. The summed E-state index contributed by atoms with van der Waals surface area (Å²) >= 11 is 0. The number of rotatable bonds is 5. The third kappa shape index (κ3) is 3.55. The highest BCUT2D eigenvalue weighted by Crippen LogP contribution is 2.31. The zero-order valence-electron chi connectivity index (χ0n) is 13.8. The Balaban J connectivity index is 1.83. The molecule has 0 aliphatic carbocycles. The van der Waals surface area contributed by atoms with E-state index in [1.165, 1.54) is 12.1 Å². The molecule has 1 aliphatic heterocycles. The fourth-order valence-corrected chi connectivity index (χ4v) is 2.72. The van der Waals surface area contributed by atoms with Crippen molar-refractivity contribution in [2.24, 2.45) is 0 Å². The molecule has 0 fully saturated rings. The van der Waals surface area contributed by atoms with Gasteiger partial charge in [-0.25, -0.2) is 0 Å². The molecule has 0 saturated carbocycles. The highest BCUT2D eigenvalue weighted by Gasteiger charge is 2.24. The molecule has 0 atom stereocenters. The van der Waals surface area contributed by atoms with Crippen molar-refractivity contribution in [3.05, 3.63) is 63.7 Å². The van der Waals surface area contributed by atoms with Crippen molar-refractivity contribution in [1.82, 2.24) is 4.90 Å². The van der Waals surface area contributed by atoms with E-state index in [2.05, 4.69) is 0 Å². The first-order valence-electron chi connectivity index (χ1n) is 8.01. The topological polar surface area (TPSA) is 81.9 Å². The Morgan fingerprint density at radius 3 is 2.60 bits per heavy atom. The molecular formula is C18H18N2O5. The average molecular weight is 342 g/mol. The molecule has 0 unspecified atom stereocenters. The van der Waals surface area contributed by atoms with E-state index in [-0.39, 0.29) is 17.2 Å². The lowest BCUT2D eigenvalue weighted by molar-refractivity contribution is -0.385. The van der Waals surface area contributed by atoms with Crippen LogP contribution in [0.1, 0.15) is 22.8 Å². The SMILES string of the molecule is CCN(Cc1ccc2c(c1)OCCO2)C(=O)c1ccccc1[N+](=O)[O-]. The summed E-state index contributed by atoms with van der Waals surface area (Å²) in [5.41, 5.74) is 0.776. The number of amides is 1. The van der Waals surface area contributed by atoms with Crippen LogP contribution in [0.25, 0.3) is 0 Å². The van der Waals surface area contributed by atoms with Gasteiger partial charge in [0.2, 0.25) is 0 Å². The highest BCUT2D eigenvalue weighted by atomic mass is 16.6. The molecule has 3 rings (SSSR count). The van der Waals surface area contributed by atoms with Crippen molar-refractivity contribution in [2.75, 3.05) is 19.8 Å². The molecule has 0 radical (unpaired) electrons. The zero-order valence-corrected chi connectivity index (χ0v) is 13.8. The maximum absolute atomic E-state index is 12.8. The third-order valence-electron chi connectivity index (χ3n) is 3.98. The summed E-state index contributed by atoms with van der Waals surface area (Å²) in [5, 5.41) is 11.2. The van der Waals surface area contributed by atoms with E-state index in [1.807, 2.05) is 25.1 Å². The summed E-state index contributed by atoms with van der Waals surface area (Å²) in [7, 11) is 0. The largest absolute Gasteiger partial charge is 0.486 e. The van der Waals surface area contributed by atoms with E-state index in [9.17, 15) is 14.9 Å². The maximum atomic E-state index is 12.8. The van der Waals surface area contributed by atoms with Gasteiger partial charge in [0, 0.05) is 19.2 Å². The molecule has 130 valence electrons. The number of hydrogen-bond acceptors (Lipinski definition) is 5. The quantitative estimate of drug-likeness (QED) is 0.616. The van der Waals surface area contributed by atoms with Gasteiger partial charge < -0.3 is 14.4 Å². The molecule has 0 bridgehead atoms. The molecule has 7 nitrogen and oxygen atoms in total. The van der Waals surface area contributed by atoms with Crippen LogP contribution in [0.3, 0.4) is 0 Å². The maximum Gasteiger partial charge on any atom is 0.282 e. The molecule has 0 N–H and O–H groups in total. The van der Waals surface area contributed by atoms with Crippen LogP contribution >= 0.6 is 0 Å². The van der Waals surface area contributed by atoms with Crippen molar-refractivity contribution in [1.29, 1.82) is 0 Å². The van der Waals surface area contributed by atoms with Gasteiger partial charge in [0.25, 0.3) is 11.6 Å². The van der Waals surface area contributed by atoms with Gasteiger partial charge in [-0.1, -0.05) is 18.2 Å². The van der Waals surface area contributed by atoms with E-state index >= 15 is 0 Å². The average Bonchev–Trinajstić information content (AvgIpc) is 2.65. The van der Waals surface area contributed by atoms with Crippen LogP contribution in [-0.4, -0.2) is 35.5 Å². The number of nitro benzene ring substituents is 1. The minimum Gasteiger partial charge on any atom is -0.486 e. The molecule has 7 heteroatoms. The van der Waals surface area contributed by atoms with E-state index < -0.39 is 4.92 Å². The number of carbonyl (C=O) groups is 1. The minimum absolute atomic E-state index is 0.0897. The van der Waals surface area contributed by atoms with Crippen molar-refractivity contribution in [3.8, 4) is 11.5 Å². The normalized spacial score (nSPS) is 12.5. The van der Waals surface area contributed by atoms with Gasteiger partial charge in [-0.3, -0.25) is 14.9 Å². The van der Waals surface area contributed by atoms with Crippen LogP contribution in [0.15, 0.2) is 42.5 Å². The predicted molar refractivity (Wildman–Crippen MR) is 90.9 cm³/mol. The number of nitro groups is 1. The minimum atomic E-state index is -0.537. The summed E-state index contributed by atoms with van der Waals surface area (Å²) in [6, 6.07) is 11.5.